The molecule has 6 heteroatoms. The van der Waals surface area contributed by atoms with Crippen LogP contribution in [0.15, 0.2) is 70.3 Å². The number of para-hydroxylation sites is 1. The number of aromatic nitrogens is 2. The molecule has 0 saturated heterocycles. The minimum Gasteiger partial charge on any atom is -0.416 e. The van der Waals surface area contributed by atoms with Gasteiger partial charge in [-0.2, -0.15) is 0 Å². The third-order valence-electron chi connectivity index (χ3n) is 3.33. The van der Waals surface area contributed by atoms with Crippen molar-refractivity contribution >= 4 is 23.4 Å². The van der Waals surface area contributed by atoms with Crippen LogP contribution in [0.4, 0.5) is 5.69 Å². The maximum absolute atomic E-state index is 12.2. The molecule has 0 fully saturated rings. The van der Waals surface area contributed by atoms with E-state index in [0.29, 0.717) is 17.5 Å². The summed E-state index contributed by atoms with van der Waals surface area (Å²) in [5.41, 5.74) is 1.87. The zero-order chi connectivity index (χ0) is 16.8. The van der Waals surface area contributed by atoms with Crippen molar-refractivity contribution in [2.24, 2.45) is 0 Å². The van der Waals surface area contributed by atoms with Crippen LogP contribution < -0.4 is 5.32 Å². The fourth-order valence-electron chi connectivity index (χ4n) is 2.10. The largest absolute Gasteiger partial charge is 0.416 e. The van der Waals surface area contributed by atoms with Gasteiger partial charge in [-0.3, -0.25) is 4.79 Å². The first-order chi connectivity index (χ1) is 11.7. The monoisotopic (exact) mass is 339 g/mol. The molecule has 0 bridgehead atoms. The Morgan fingerprint density at radius 2 is 1.75 bits per heavy atom. The molecule has 1 atom stereocenters. The number of carbonyl (C=O) groups excluding carboxylic acids is 1. The number of nitrogens with one attached hydrogen (secondary N) is 1. The molecule has 1 amide bonds. The third-order valence-corrected chi connectivity index (χ3v) is 4.27. The smallest absolute Gasteiger partial charge is 0.277 e. The summed E-state index contributed by atoms with van der Waals surface area (Å²) in [7, 11) is 0. The number of thioether (sulfide) groups is 1. The highest BCUT2D eigenvalue weighted by atomic mass is 32.2. The highest BCUT2D eigenvalue weighted by molar-refractivity contribution is 8.00. The maximum atomic E-state index is 12.2. The van der Waals surface area contributed by atoms with Gasteiger partial charge in [0.1, 0.15) is 0 Å². The lowest BCUT2D eigenvalue weighted by atomic mass is 10.2. The average molecular weight is 339 g/mol. The van der Waals surface area contributed by atoms with E-state index in [1.807, 2.05) is 67.6 Å². The number of rotatable bonds is 6. The van der Waals surface area contributed by atoms with Crippen LogP contribution in [-0.4, -0.2) is 21.4 Å². The van der Waals surface area contributed by atoms with Gasteiger partial charge in [-0.15, -0.1) is 10.2 Å². The van der Waals surface area contributed by atoms with Crippen LogP contribution in [0, 0.1) is 0 Å². The molecule has 0 saturated carbocycles. The van der Waals surface area contributed by atoms with Crippen molar-refractivity contribution in [3.63, 3.8) is 0 Å². The normalized spacial score (nSPS) is 11.9. The van der Waals surface area contributed by atoms with Gasteiger partial charge in [0.05, 0.1) is 11.7 Å². The molecule has 0 aliphatic heterocycles. The van der Waals surface area contributed by atoms with Crippen LogP contribution in [-0.2, 0) is 11.2 Å². The molecule has 3 rings (SSSR count). The minimum atomic E-state index is -0.338. The Morgan fingerprint density at radius 3 is 2.46 bits per heavy atom. The number of hydrogen-bond donors (Lipinski definition) is 1. The SMILES string of the molecule is C[C@@H](Sc1nnc(Cc2ccccc2)o1)C(=O)Nc1ccccc1. The number of carbonyl (C=O) groups is 1. The predicted molar refractivity (Wildman–Crippen MR) is 93.9 cm³/mol. The molecule has 122 valence electrons. The topological polar surface area (TPSA) is 68.0 Å². The standard InChI is InChI=1S/C18H17N3O2S/c1-13(17(22)19-15-10-6-3-7-11-15)24-18-21-20-16(23-18)12-14-8-4-2-5-9-14/h2-11,13H,12H2,1H3,(H,19,22)/t13-/m1/s1. The van der Waals surface area contributed by atoms with Gasteiger partial charge in [0.25, 0.3) is 5.22 Å². The Labute approximate surface area is 144 Å². The lowest BCUT2D eigenvalue weighted by molar-refractivity contribution is -0.115. The van der Waals surface area contributed by atoms with E-state index in [1.165, 1.54) is 11.8 Å². The van der Waals surface area contributed by atoms with Gasteiger partial charge in [0, 0.05) is 5.69 Å². The molecule has 24 heavy (non-hydrogen) atoms. The number of nitrogens with zero attached hydrogens (tertiary/aromatic N) is 2. The van der Waals surface area contributed by atoms with Crippen LogP contribution in [0.25, 0.3) is 0 Å². The Balaban J connectivity index is 1.57. The summed E-state index contributed by atoms with van der Waals surface area (Å²) in [6.07, 6.45) is 0.582. The summed E-state index contributed by atoms with van der Waals surface area (Å²) >= 11 is 1.25. The lowest BCUT2D eigenvalue weighted by Crippen LogP contribution is -2.22. The van der Waals surface area contributed by atoms with E-state index in [1.54, 1.807) is 0 Å². The highest BCUT2D eigenvalue weighted by Crippen LogP contribution is 2.23. The molecular weight excluding hydrogens is 322 g/mol. The Bertz CT molecular complexity index is 790. The lowest BCUT2D eigenvalue weighted by Gasteiger charge is -2.09. The molecule has 0 unspecified atom stereocenters. The van der Waals surface area contributed by atoms with Crippen molar-refractivity contribution < 1.29 is 9.21 Å². The van der Waals surface area contributed by atoms with Gasteiger partial charge in [0.15, 0.2) is 0 Å². The summed E-state index contributed by atoms with van der Waals surface area (Å²) in [6, 6.07) is 19.3. The maximum Gasteiger partial charge on any atom is 0.277 e. The quantitative estimate of drug-likeness (QED) is 0.692. The summed E-state index contributed by atoms with van der Waals surface area (Å²) in [5.74, 6) is 0.438. The van der Waals surface area contributed by atoms with Crippen LogP contribution in [0.2, 0.25) is 0 Å². The molecule has 1 N–H and O–H groups in total. The van der Waals surface area contributed by atoms with Crippen molar-refractivity contribution in [1.29, 1.82) is 0 Å². The summed E-state index contributed by atoms with van der Waals surface area (Å²) in [6.45, 7) is 1.81. The van der Waals surface area contributed by atoms with E-state index in [-0.39, 0.29) is 11.2 Å². The fourth-order valence-corrected chi connectivity index (χ4v) is 2.80. The van der Waals surface area contributed by atoms with Crippen molar-refractivity contribution in [2.75, 3.05) is 5.32 Å². The molecule has 2 aromatic carbocycles. The second-order valence-corrected chi connectivity index (χ2v) is 6.53. The van der Waals surface area contributed by atoms with E-state index >= 15 is 0 Å². The predicted octanol–water partition coefficient (Wildman–Crippen LogP) is 3.78. The molecule has 0 aliphatic carbocycles. The molecule has 5 nitrogen and oxygen atoms in total. The van der Waals surface area contributed by atoms with E-state index in [4.69, 9.17) is 4.42 Å². The van der Waals surface area contributed by atoms with Gasteiger partial charge in [-0.05, 0) is 24.6 Å². The van der Waals surface area contributed by atoms with Crippen LogP contribution in [0.1, 0.15) is 18.4 Å². The van der Waals surface area contributed by atoms with E-state index < -0.39 is 0 Å². The second-order valence-electron chi connectivity index (χ2n) is 5.24. The second kappa shape index (κ2) is 7.79. The molecule has 1 aromatic heterocycles. The van der Waals surface area contributed by atoms with Gasteiger partial charge >= 0.3 is 0 Å². The van der Waals surface area contributed by atoms with Gasteiger partial charge in [-0.25, -0.2) is 0 Å². The van der Waals surface area contributed by atoms with Gasteiger partial charge < -0.3 is 9.73 Å². The summed E-state index contributed by atoms with van der Waals surface area (Å²) < 4.78 is 5.62. The van der Waals surface area contributed by atoms with Crippen molar-refractivity contribution in [3.05, 3.63) is 72.1 Å². The van der Waals surface area contributed by atoms with Gasteiger partial charge in [-0.1, -0.05) is 60.3 Å². The van der Waals surface area contributed by atoms with E-state index in [2.05, 4.69) is 15.5 Å². The first-order valence-electron chi connectivity index (χ1n) is 7.59. The van der Waals surface area contributed by atoms with Crippen LogP contribution in [0.3, 0.4) is 0 Å². The van der Waals surface area contributed by atoms with Gasteiger partial charge in [0.2, 0.25) is 11.8 Å². The summed E-state index contributed by atoms with van der Waals surface area (Å²) in [4.78, 5) is 12.2. The average Bonchev–Trinajstić information content (AvgIpc) is 3.03. The zero-order valence-corrected chi connectivity index (χ0v) is 14.0. The molecule has 0 spiro atoms. The summed E-state index contributed by atoms with van der Waals surface area (Å²) in [5, 5.41) is 11.0. The Kier molecular flexibility index (Phi) is 5.28. The fraction of sp³-hybridized carbons (Fsp3) is 0.167. The molecule has 0 aliphatic rings. The number of benzene rings is 2. The van der Waals surface area contributed by atoms with Crippen molar-refractivity contribution in [3.8, 4) is 0 Å². The first-order valence-corrected chi connectivity index (χ1v) is 8.47. The number of anilines is 1. The minimum absolute atomic E-state index is 0.103. The van der Waals surface area contributed by atoms with Crippen molar-refractivity contribution in [1.82, 2.24) is 10.2 Å². The highest BCUT2D eigenvalue weighted by Gasteiger charge is 2.18. The third kappa shape index (κ3) is 4.45. The Morgan fingerprint density at radius 1 is 1.08 bits per heavy atom. The van der Waals surface area contributed by atoms with Crippen LogP contribution >= 0.6 is 11.8 Å². The van der Waals surface area contributed by atoms with Crippen LogP contribution in [0.5, 0.6) is 0 Å². The van der Waals surface area contributed by atoms with E-state index in [9.17, 15) is 4.79 Å². The number of hydrogen-bond acceptors (Lipinski definition) is 5. The zero-order valence-electron chi connectivity index (χ0n) is 13.2. The Hall–Kier alpha value is -2.60. The van der Waals surface area contributed by atoms with E-state index in [0.717, 1.165) is 11.3 Å². The molecular formula is C18H17N3O2S. The molecule has 0 radical (unpaired) electrons. The number of amides is 1. The van der Waals surface area contributed by atoms with Crippen molar-refractivity contribution in [2.45, 2.75) is 23.8 Å². The first kappa shape index (κ1) is 16.3. The molecule has 1 heterocycles. The molecule has 3 aromatic rings.